The molecule has 0 aliphatic carbocycles. The molecule has 0 fully saturated rings. The summed E-state index contributed by atoms with van der Waals surface area (Å²) >= 11 is 1.89. The van der Waals surface area contributed by atoms with Crippen LogP contribution in [0.4, 0.5) is 5.69 Å². The van der Waals surface area contributed by atoms with Crippen LogP contribution in [-0.2, 0) is 0 Å². The predicted octanol–water partition coefficient (Wildman–Crippen LogP) is 3.64. The van der Waals surface area contributed by atoms with E-state index in [1.807, 2.05) is 11.8 Å². The summed E-state index contributed by atoms with van der Waals surface area (Å²) in [6.07, 6.45) is 0. The van der Waals surface area contributed by atoms with Crippen molar-refractivity contribution in [2.75, 3.05) is 17.7 Å². The van der Waals surface area contributed by atoms with Crippen LogP contribution in [0.15, 0.2) is 29.2 Å². The lowest BCUT2D eigenvalue weighted by Crippen LogP contribution is -2.25. The molecule has 0 aromatic heterocycles. The Balaban J connectivity index is 2.72. The molecule has 0 spiro atoms. The third-order valence-corrected chi connectivity index (χ3v) is 3.22. The molecule has 1 nitrogen and oxygen atoms in total. The summed E-state index contributed by atoms with van der Waals surface area (Å²) in [5.74, 6) is 1.14. The van der Waals surface area contributed by atoms with Crippen LogP contribution < -0.4 is 4.90 Å². The number of anilines is 1. The van der Waals surface area contributed by atoms with Gasteiger partial charge in [-0.05, 0) is 43.9 Å². The molecule has 0 radical (unpaired) electrons. The van der Waals surface area contributed by atoms with Gasteiger partial charge in [-0.25, -0.2) is 0 Å². The zero-order valence-electron chi connectivity index (χ0n) is 9.45. The van der Waals surface area contributed by atoms with Gasteiger partial charge in [-0.1, -0.05) is 6.92 Å². The van der Waals surface area contributed by atoms with Crippen LogP contribution in [0.3, 0.4) is 0 Å². The summed E-state index contributed by atoms with van der Waals surface area (Å²) in [6.45, 7) is 6.59. The smallest absolute Gasteiger partial charge is 0.0366 e. The first-order chi connectivity index (χ1) is 6.65. The molecule has 0 bridgehead atoms. The highest BCUT2D eigenvalue weighted by Gasteiger charge is 2.03. The molecule has 0 unspecified atom stereocenters. The van der Waals surface area contributed by atoms with Gasteiger partial charge in [0.2, 0.25) is 0 Å². The minimum atomic E-state index is 0.555. The molecule has 78 valence electrons. The summed E-state index contributed by atoms with van der Waals surface area (Å²) in [7, 11) is 2.13. The Hall–Kier alpha value is -0.630. The number of thioether (sulfide) groups is 1. The molecule has 0 heterocycles. The van der Waals surface area contributed by atoms with E-state index in [9.17, 15) is 0 Å². The Morgan fingerprint density at radius 1 is 1.21 bits per heavy atom. The van der Waals surface area contributed by atoms with E-state index in [-0.39, 0.29) is 0 Å². The molecule has 0 atom stereocenters. The van der Waals surface area contributed by atoms with Crippen LogP contribution in [0.5, 0.6) is 0 Å². The third kappa shape index (κ3) is 2.95. The zero-order chi connectivity index (χ0) is 10.6. The lowest BCUT2D eigenvalue weighted by Gasteiger charge is -2.23. The molecule has 0 aliphatic rings. The van der Waals surface area contributed by atoms with Crippen LogP contribution in [0, 0.1) is 0 Å². The van der Waals surface area contributed by atoms with Gasteiger partial charge in [0.05, 0.1) is 0 Å². The van der Waals surface area contributed by atoms with Crippen LogP contribution in [0.1, 0.15) is 20.8 Å². The average Bonchev–Trinajstić information content (AvgIpc) is 2.18. The average molecular weight is 209 g/mol. The minimum absolute atomic E-state index is 0.555. The van der Waals surface area contributed by atoms with Crippen LogP contribution >= 0.6 is 11.8 Å². The Morgan fingerprint density at radius 2 is 1.79 bits per heavy atom. The van der Waals surface area contributed by atoms with Crippen molar-refractivity contribution in [2.24, 2.45) is 0 Å². The van der Waals surface area contributed by atoms with Crippen molar-refractivity contribution >= 4 is 17.4 Å². The Labute approximate surface area is 91.5 Å². The quantitative estimate of drug-likeness (QED) is 0.696. The molecule has 1 aromatic carbocycles. The molecule has 1 rings (SSSR count). The van der Waals surface area contributed by atoms with Crippen LogP contribution in [-0.4, -0.2) is 18.8 Å². The molecule has 0 amide bonds. The first kappa shape index (κ1) is 11.4. The van der Waals surface area contributed by atoms with Crippen molar-refractivity contribution in [3.63, 3.8) is 0 Å². The highest BCUT2D eigenvalue weighted by Crippen LogP contribution is 2.22. The maximum absolute atomic E-state index is 2.28. The second kappa shape index (κ2) is 5.30. The fraction of sp³-hybridized carbons (Fsp3) is 0.500. The molecule has 0 N–H and O–H groups in total. The fourth-order valence-corrected chi connectivity index (χ4v) is 1.90. The summed E-state index contributed by atoms with van der Waals surface area (Å²) in [4.78, 5) is 3.63. The van der Waals surface area contributed by atoms with Gasteiger partial charge in [0.25, 0.3) is 0 Å². The maximum Gasteiger partial charge on any atom is 0.0366 e. The number of hydrogen-bond donors (Lipinski definition) is 0. The first-order valence-electron chi connectivity index (χ1n) is 5.10. The van der Waals surface area contributed by atoms with Gasteiger partial charge < -0.3 is 4.90 Å². The largest absolute Gasteiger partial charge is 0.372 e. The van der Waals surface area contributed by atoms with E-state index in [0.29, 0.717) is 6.04 Å². The van der Waals surface area contributed by atoms with Crippen molar-refractivity contribution in [3.05, 3.63) is 24.3 Å². The van der Waals surface area contributed by atoms with Gasteiger partial charge >= 0.3 is 0 Å². The standard InChI is InChI=1S/C12H19NS/c1-5-14-12-8-6-11(7-9-12)13(4)10(2)3/h6-10H,5H2,1-4H3. The van der Waals surface area contributed by atoms with E-state index >= 15 is 0 Å². The number of benzene rings is 1. The van der Waals surface area contributed by atoms with Crippen molar-refractivity contribution < 1.29 is 0 Å². The summed E-state index contributed by atoms with van der Waals surface area (Å²) in [6, 6.07) is 9.33. The molecule has 0 aliphatic heterocycles. The lowest BCUT2D eigenvalue weighted by atomic mass is 10.2. The van der Waals surface area contributed by atoms with E-state index in [1.54, 1.807) is 0 Å². The second-order valence-corrected chi connectivity index (χ2v) is 4.97. The van der Waals surface area contributed by atoms with Crippen molar-refractivity contribution in [3.8, 4) is 0 Å². The van der Waals surface area contributed by atoms with E-state index in [1.165, 1.54) is 10.6 Å². The summed E-state index contributed by atoms with van der Waals surface area (Å²) < 4.78 is 0. The van der Waals surface area contributed by atoms with Gasteiger partial charge in [-0.3, -0.25) is 0 Å². The van der Waals surface area contributed by atoms with E-state index in [0.717, 1.165) is 5.75 Å². The molecule has 0 saturated carbocycles. The van der Waals surface area contributed by atoms with Crippen molar-refractivity contribution in [1.82, 2.24) is 0 Å². The third-order valence-electron chi connectivity index (χ3n) is 2.33. The SMILES string of the molecule is CCSc1ccc(N(C)C(C)C)cc1. The molecule has 1 aromatic rings. The number of nitrogens with zero attached hydrogens (tertiary/aromatic N) is 1. The molecule has 14 heavy (non-hydrogen) atoms. The molecule has 0 saturated heterocycles. The second-order valence-electron chi connectivity index (χ2n) is 3.63. The van der Waals surface area contributed by atoms with Crippen molar-refractivity contribution in [2.45, 2.75) is 31.7 Å². The van der Waals surface area contributed by atoms with Gasteiger partial charge in [0.1, 0.15) is 0 Å². The van der Waals surface area contributed by atoms with Crippen LogP contribution in [0.2, 0.25) is 0 Å². The van der Waals surface area contributed by atoms with Gasteiger partial charge in [0.15, 0.2) is 0 Å². The van der Waals surface area contributed by atoms with Gasteiger partial charge in [0, 0.05) is 23.7 Å². The van der Waals surface area contributed by atoms with Gasteiger partial charge in [-0.15, -0.1) is 11.8 Å². The minimum Gasteiger partial charge on any atom is -0.372 e. The van der Waals surface area contributed by atoms with E-state index in [4.69, 9.17) is 0 Å². The summed E-state index contributed by atoms with van der Waals surface area (Å²) in [5.41, 5.74) is 1.29. The topological polar surface area (TPSA) is 3.24 Å². The number of hydrogen-bond acceptors (Lipinski definition) is 2. The lowest BCUT2D eigenvalue weighted by molar-refractivity contribution is 0.754. The van der Waals surface area contributed by atoms with E-state index < -0.39 is 0 Å². The molecular formula is C12H19NS. The normalized spacial score (nSPS) is 10.6. The van der Waals surface area contributed by atoms with Gasteiger partial charge in [-0.2, -0.15) is 0 Å². The first-order valence-corrected chi connectivity index (χ1v) is 6.09. The number of rotatable bonds is 4. The maximum atomic E-state index is 2.28. The predicted molar refractivity (Wildman–Crippen MR) is 66.4 cm³/mol. The van der Waals surface area contributed by atoms with E-state index in [2.05, 4.69) is 57.0 Å². The zero-order valence-corrected chi connectivity index (χ0v) is 10.3. The summed E-state index contributed by atoms with van der Waals surface area (Å²) in [5, 5.41) is 0. The monoisotopic (exact) mass is 209 g/mol. The Morgan fingerprint density at radius 3 is 2.21 bits per heavy atom. The molecular weight excluding hydrogens is 190 g/mol. The Kier molecular flexibility index (Phi) is 4.33. The van der Waals surface area contributed by atoms with Crippen LogP contribution in [0.25, 0.3) is 0 Å². The highest BCUT2D eigenvalue weighted by atomic mass is 32.2. The van der Waals surface area contributed by atoms with Crippen molar-refractivity contribution in [1.29, 1.82) is 0 Å². The fourth-order valence-electron chi connectivity index (χ4n) is 1.24. The molecule has 2 heteroatoms. The Bertz CT molecular complexity index is 266. The highest BCUT2D eigenvalue weighted by molar-refractivity contribution is 7.99.